The lowest BCUT2D eigenvalue weighted by molar-refractivity contribution is 0.0706. The number of H-pyrrole nitrogens is 1. The first kappa shape index (κ1) is 14.4. The van der Waals surface area contributed by atoms with Gasteiger partial charge in [-0.2, -0.15) is 0 Å². The highest BCUT2D eigenvalue weighted by molar-refractivity contribution is 6.30. The molecule has 2 aromatic carbocycles. The number of hydrogen-bond donors (Lipinski definition) is 3. The fraction of sp³-hybridized carbons (Fsp3) is 0.0667. The van der Waals surface area contributed by atoms with Gasteiger partial charge < -0.3 is 9.88 Å². The Morgan fingerprint density at radius 2 is 2.00 bits per heavy atom. The summed E-state index contributed by atoms with van der Waals surface area (Å²) in [5.41, 5.74) is 4.32. The summed E-state index contributed by atoms with van der Waals surface area (Å²) in [6.07, 6.45) is 0. The Balaban J connectivity index is 1.97. The zero-order valence-electron chi connectivity index (χ0n) is 11.7. The first-order chi connectivity index (χ1) is 10.6. The normalized spacial score (nSPS) is 10.7. The van der Waals surface area contributed by atoms with E-state index >= 15 is 0 Å². The van der Waals surface area contributed by atoms with Crippen molar-refractivity contribution in [2.75, 3.05) is 11.9 Å². The van der Waals surface area contributed by atoms with E-state index in [9.17, 15) is 4.79 Å². The van der Waals surface area contributed by atoms with Crippen LogP contribution in [-0.4, -0.2) is 28.1 Å². The van der Waals surface area contributed by atoms with Gasteiger partial charge in [0.15, 0.2) is 0 Å². The Morgan fingerprint density at radius 1 is 1.27 bits per heavy atom. The molecule has 1 amide bonds. The Bertz CT molecular complexity index is 829. The molecule has 22 heavy (non-hydrogen) atoms. The number of carbonyl (C=O) groups excluding carboxylic acids is 1. The molecule has 0 aliphatic heterocycles. The topological polar surface area (TPSA) is 81.2 Å². The fourth-order valence-corrected chi connectivity index (χ4v) is 2.27. The highest BCUT2D eigenvalue weighted by atomic mass is 35.5. The standard InChI is InChI=1S/C15H13ClN4O2/c1-20(11-5-3-10(16)4-6-11)15-17-12-7-2-9(14(21)19-22)8-13(12)18-15/h2-8,22H,1H3,(H,17,18)(H,19,21). The van der Waals surface area contributed by atoms with Crippen LogP contribution in [0.4, 0.5) is 11.6 Å². The molecule has 0 spiro atoms. The summed E-state index contributed by atoms with van der Waals surface area (Å²) in [6, 6.07) is 12.3. The van der Waals surface area contributed by atoms with Gasteiger partial charge in [-0.25, -0.2) is 10.5 Å². The molecule has 0 radical (unpaired) electrons. The van der Waals surface area contributed by atoms with Gasteiger partial charge in [0.05, 0.1) is 11.0 Å². The molecule has 112 valence electrons. The number of nitrogens with zero attached hydrogens (tertiary/aromatic N) is 2. The minimum atomic E-state index is -0.566. The van der Waals surface area contributed by atoms with Gasteiger partial charge in [0, 0.05) is 23.3 Å². The van der Waals surface area contributed by atoms with Crippen LogP contribution in [0.1, 0.15) is 10.4 Å². The Kier molecular flexibility index (Phi) is 3.70. The Morgan fingerprint density at radius 3 is 2.68 bits per heavy atom. The van der Waals surface area contributed by atoms with Crippen LogP contribution in [0.5, 0.6) is 0 Å². The van der Waals surface area contributed by atoms with Crippen molar-refractivity contribution >= 4 is 40.2 Å². The summed E-state index contributed by atoms with van der Waals surface area (Å²) >= 11 is 5.89. The number of amides is 1. The van der Waals surface area contributed by atoms with Crippen LogP contribution < -0.4 is 10.4 Å². The lowest BCUT2D eigenvalue weighted by Gasteiger charge is -2.15. The molecule has 6 nitrogen and oxygen atoms in total. The molecule has 3 rings (SSSR count). The second-order valence-corrected chi connectivity index (χ2v) is 5.21. The number of anilines is 2. The van der Waals surface area contributed by atoms with Crippen molar-refractivity contribution in [3.63, 3.8) is 0 Å². The number of rotatable bonds is 3. The molecule has 0 aliphatic rings. The first-order valence-electron chi connectivity index (χ1n) is 6.52. The summed E-state index contributed by atoms with van der Waals surface area (Å²) in [5, 5.41) is 9.35. The van der Waals surface area contributed by atoms with Crippen molar-refractivity contribution in [2.45, 2.75) is 0 Å². The second kappa shape index (κ2) is 5.67. The fourth-order valence-electron chi connectivity index (χ4n) is 2.15. The van der Waals surface area contributed by atoms with Gasteiger partial charge in [-0.05, 0) is 42.5 Å². The van der Waals surface area contributed by atoms with Crippen molar-refractivity contribution in [2.24, 2.45) is 0 Å². The number of aromatic amines is 1. The van der Waals surface area contributed by atoms with E-state index in [-0.39, 0.29) is 0 Å². The number of hydroxylamine groups is 1. The van der Waals surface area contributed by atoms with Crippen molar-refractivity contribution in [3.8, 4) is 0 Å². The summed E-state index contributed by atoms with van der Waals surface area (Å²) in [4.78, 5) is 20.9. The van der Waals surface area contributed by atoms with Crippen LogP contribution in [0.3, 0.4) is 0 Å². The molecule has 0 saturated carbocycles. The van der Waals surface area contributed by atoms with Crippen molar-refractivity contribution < 1.29 is 10.0 Å². The third-order valence-corrected chi connectivity index (χ3v) is 3.62. The number of aromatic nitrogens is 2. The molecule has 0 fully saturated rings. The molecular formula is C15H13ClN4O2. The molecule has 1 aromatic heterocycles. The molecule has 1 heterocycles. The van der Waals surface area contributed by atoms with E-state index in [1.807, 2.05) is 24.1 Å². The third-order valence-electron chi connectivity index (χ3n) is 3.36. The predicted octanol–water partition coefficient (Wildman–Crippen LogP) is 3.10. The Hall–Kier alpha value is -2.57. The van der Waals surface area contributed by atoms with Crippen molar-refractivity contribution in [1.29, 1.82) is 0 Å². The van der Waals surface area contributed by atoms with Crippen LogP contribution in [0.2, 0.25) is 5.02 Å². The van der Waals surface area contributed by atoms with Crippen LogP contribution in [0.15, 0.2) is 42.5 Å². The van der Waals surface area contributed by atoms with Gasteiger partial charge in [0.2, 0.25) is 5.95 Å². The molecule has 0 bridgehead atoms. The van der Waals surface area contributed by atoms with E-state index in [1.54, 1.807) is 35.8 Å². The number of nitrogens with one attached hydrogen (secondary N) is 2. The number of hydrogen-bond acceptors (Lipinski definition) is 4. The molecule has 3 aromatic rings. The Labute approximate surface area is 131 Å². The van der Waals surface area contributed by atoms with Gasteiger partial charge in [-0.3, -0.25) is 10.0 Å². The van der Waals surface area contributed by atoms with Crippen LogP contribution in [-0.2, 0) is 0 Å². The minimum absolute atomic E-state index is 0.347. The maximum atomic E-state index is 11.4. The van der Waals surface area contributed by atoms with Crippen LogP contribution in [0.25, 0.3) is 11.0 Å². The third kappa shape index (κ3) is 2.61. The zero-order chi connectivity index (χ0) is 15.7. The molecule has 0 aliphatic carbocycles. The van der Waals surface area contributed by atoms with E-state index in [1.165, 1.54) is 0 Å². The monoisotopic (exact) mass is 316 g/mol. The van der Waals surface area contributed by atoms with Gasteiger partial charge in [-0.1, -0.05) is 11.6 Å². The molecular weight excluding hydrogens is 304 g/mol. The van der Waals surface area contributed by atoms with Gasteiger partial charge in [0.25, 0.3) is 5.91 Å². The van der Waals surface area contributed by atoms with Crippen molar-refractivity contribution in [1.82, 2.24) is 15.4 Å². The van der Waals surface area contributed by atoms with E-state index in [2.05, 4.69) is 9.97 Å². The first-order valence-corrected chi connectivity index (χ1v) is 6.90. The van der Waals surface area contributed by atoms with Crippen LogP contribution >= 0.6 is 11.6 Å². The smallest absolute Gasteiger partial charge is 0.274 e. The average molecular weight is 317 g/mol. The lowest BCUT2D eigenvalue weighted by atomic mass is 10.2. The summed E-state index contributed by atoms with van der Waals surface area (Å²) in [5.74, 6) is 0.0722. The summed E-state index contributed by atoms with van der Waals surface area (Å²) < 4.78 is 0. The number of fused-ring (bicyclic) bond motifs is 1. The maximum Gasteiger partial charge on any atom is 0.274 e. The lowest BCUT2D eigenvalue weighted by Crippen LogP contribution is -2.18. The van der Waals surface area contributed by atoms with Crippen molar-refractivity contribution in [3.05, 3.63) is 53.1 Å². The summed E-state index contributed by atoms with van der Waals surface area (Å²) in [7, 11) is 1.88. The molecule has 0 unspecified atom stereocenters. The number of imidazole rings is 1. The highest BCUT2D eigenvalue weighted by Gasteiger charge is 2.11. The van der Waals surface area contributed by atoms with Gasteiger partial charge in [0.1, 0.15) is 0 Å². The highest BCUT2D eigenvalue weighted by Crippen LogP contribution is 2.25. The number of benzene rings is 2. The average Bonchev–Trinajstić information content (AvgIpc) is 2.97. The zero-order valence-corrected chi connectivity index (χ0v) is 12.4. The van der Waals surface area contributed by atoms with Crippen LogP contribution in [0, 0.1) is 0 Å². The summed E-state index contributed by atoms with van der Waals surface area (Å²) in [6.45, 7) is 0. The number of carbonyl (C=O) groups is 1. The second-order valence-electron chi connectivity index (χ2n) is 4.77. The molecule has 0 atom stereocenters. The number of halogens is 1. The SMILES string of the molecule is CN(c1ccc(Cl)cc1)c1nc2ccc(C(=O)NO)cc2[nH]1. The molecule has 3 N–H and O–H groups in total. The molecule has 7 heteroatoms. The predicted molar refractivity (Wildman–Crippen MR) is 84.9 cm³/mol. The quantitative estimate of drug-likeness (QED) is 0.512. The largest absolute Gasteiger partial charge is 0.324 e. The van der Waals surface area contributed by atoms with E-state index in [0.29, 0.717) is 22.1 Å². The van der Waals surface area contributed by atoms with E-state index in [0.717, 1.165) is 11.2 Å². The van der Waals surface area contributed by atoms with E-state index < -0.39 is 5.91 Å². The minimum Gasteiger partial charge on any atom is -0.324 e. The van der Waals surface area contributed by atoms with Gasteiger partial charge >= 0.3 is 0 Å². The van der Waals surface area contributed by atoms with Gasteiger partial charge in [-0.15, -0.1) is 0 Å². The maximum absolute atomic E-state index is 11.4. The van der Waals surface area contributed by atoms with E-state index in [4.69, 9.17) is 16.8 Å². The molecule has 0 saturated heterocycles.